The van der Waals surface area contributed by atoms with Crippen LogP contribution in [-0.2, 0) is 11.2 Å². The lowest BCUT2D eigenvalue weighted by molar-refractivity contribution is -0.929. The number of nitrogens with zero attached hydrogens (tertiary/aromatic N) is 1. The van der Waals surface area contributed by atoms with Crippen molar-refractivity contribution in [1.29, 1.82) is 0 Å². The van der Waals surface area contributed by atoms with Gasteiger partial charge in [0.25, 0.3) is 0 Å². The van der Waals surface area contributed by atoms with E-state index in [1.54, 1.807) is 0 Å². The molecule has 1 atom stereocenters. The molecular formula is C25H47N2O4+. The van der Waals surface area contributed by atoms with Gasteiger partial charge in [0.1, 0.15) is 6.04 Å². The normalized spacial score (nSPS) is 12.2. The monoisotopic (exact) mass is 439 g/mol. The van der Waals surface area contributed by atoms with Gasteiger partial charge in [-0.15, -0.1) is 0 Å². The van der Waals surface area contributed by atoms with Gasteiger partial charge in [0.2, 0.25) is 0 Å². The van der Waals surface area contributed by atoms with Gasteiger partial charge in [0, 0.05) is 0 Å². The molecule has 0 bridgehead atoms. The van der Waals surface area contributed by atoms with Crippen LogP contribution in [0.3, 0.4) is 0 Å². The van der Waals surface area contributed by atoms with Crippen molar-refractivity contribution in [1.82, 2.24) is 0 Å². The second kappa shape index (κ2) is 16.8. The van der Waals surface area contributed by atoms with Crippen molar-refractivity contribution in [2.45, 2.75) is 91.5 Å². The maximum absolute atomic E-state index is 10.4. The summed E-state index contributed by atoms with van der Waals surface area (Å²) in [4.78, 5) is 10.4. The highest BCUT2D eigenvalue weighted by atomic mass is 16.4. The number of phenols is 2. The first kappa shape index (κ1) is 29.2. The highest BCUT2D eigenvalue weighted by molar-refractivity contribution is 5.73. The van der Waals surface area contributed by atoms with Crippen LogP contribution in [-0.4, -0.2) is 58.0 Å². The van der Waals surface area contributed by atoms with Crippen LogP contribution in [0.5, 0.6) is 11.5 Å². The van der Waals surface area contributed by atoms with Crippen LogP contribution in [0, 0.1) is 0 Å². The molecule has 6 nitrogen and oxygen atoms in total. The zero-order chi connectivity index (χ0) is 23.7. The second-order valence-electron chi connectivity index (χ2n) is 8.62. The number of carboxylic acid groups (broad SMARTS) is 1. The van der Waals surface area contributed by atoms with E-state index in [1.165, 1.54) is 100 Å². The molecule has 5 N–H and O–H groups in total. The van der Waals surface area contributed by atoms with Crippen LogP contribution >= 0.6 is 0 Å². The molecule has 0 aromatic heterocycles. The molecular weight excluding hydrogens is 392 g/mol. The first-order valence-corrected chi connectivity index (χ1v) is 12.1. The first-order valence-electron chi connectivity index (χ1n) is 12.1. The molecule has 0 saturated carbocycles. The van der Waals surface area contributed by atoms with E-state index in [9.17, 15) is 4.79 Å². The third-order valence-electron chi connectivity index (χ3n) is 5.76. The van der Waals surface area contributed by atoms with E-state index < -0.39 is 12.0 Å². The number of quaternary nitrogens is 1. The summed E-state index contributed by atoms with van der Waals surface area (Å²) in [6.07, 6.45) is 11.2. The molecule has 1 aromatic rings. The summed E-state index contributed by atoms with van der Waals surface area (Å²) < 4.78 is 1.42. The number of carbonyl (C=O) groups is 1. The summed E-state index contributed by atoms with van der Waals surface area (Å²) in [5.41, 5.74) is 5.86. The number of hydrogen-bond donors (Lipinski definition) is 4. The number of hydrogen-bond acceptors (Lipinski definition) is 4. The fraction of sp³-hybridized carbons (Fsp3) is 0.720. The fourth-order valence-electron chi connectivity index (χ4n) is 3.68. The molecule has 0 radical (unpaired) electrons. The molecule has 0 spiro atoms. The third kappa shape index (κ3) is 12.6. The molecule has 0 aliphatic heterocycles. The van der Waals surface area contributed by atoms with Crippen molar-refractivity contribution in [3.8, 4) is 11.5 Å². The van der Waals surface area contributed by atoms with Gasteiger partial charge in [0.15, 0.2) is 11.5 Å². The number of phenolic OH excluding ortho intramolecular Hbond substituents is 2. The smallest absolute Gasteiger partial charge is 0.320 e. The predicted octanol–water partition coefficient (Wildman–Crippen LogP) is 5.06. The summed E-state index contributed by atoms with van der Waals surface area (Å²) >= 11 is 0. The van der Waals surface area contributed by atoms with Crippen molar-refractivity contribution >= 4 is 5.97 Å². The summed E-state index contributed by atoms with van der Waals surface area (Å²) in [6.45, 7) is 15.0. The minimum absolute atomic E-state index is 0.114. The van der Waals surface area contributed by atoms with E-state index in [0.29, 0.717) is 5.56 Å². The van der Waals surface area contributed by atoms with Crippen molar-refractivity contribution < 1.29 is 24.6 Å². The topological polar surface area (TPSA) is 104 Å². The molecule has 6 heteroatoms. The molecule has 1 aromatic carbocycles. The van der Waals surface area contributed by atoms with Gasteiger partial charge in [-0.25, -0.2) is 0 Å². The molecule has 1 rings (SSSR count). The Hall–Kier alpha value is -1.79. The van der Waals surface area contributed by atoms with Crippen molar-refractivity contribution in [2.75, 3.05) is 26.2 Å². The lowest BCUT2D eigenvalue weighted by Gasteiger charge is -2.39. The quantitative estimate of drug-likeness (QED) is 0.226. The van der Waals surface area contributed by atoms with Crippen LogP contribution in [0.15, 0.2) is 18.2 Å². The lowest BCUT2D eigenvalue weighted by atomic mass is 10.1. The van der Waals surface area contributed by atoms with Crippen LogP contribution in [0.1, 0.15) is 84.6 Å². The van der Waals surface area contributed by atoms with Crippen molar-refractivity contribution in [3.63, 3.8) is 0 Å². The van der Waals surface area contributed by atoms with Crippen molar-refractivity contribution in [2.24, 2.45) is 5.73 Å². The van der Waals surface area contributed by atoms with Gasteiger partial charge < -0.3 is 25.5 Å². The van der Waals surface area contributed by atoms with E-state index in [4.69, 9.17) is 21.1 Å². The summed E-state index contributed by atoms with van der Waals surface area (Å²) in [5.74, 6) is -1.62. The van der Waals surface area contributed by atoms with E-state index in [2.05, 4.69) is 27.7 Å². The minimum atomic E-state index is -1.10. The summed E-state index contributed by atoms with van der Waals surface area (Å²) in [6, 6.07) is 3.09. The zero-order valence-corrected chi connectivity index (χ0v) is 20.3. The van der Waals surface area contributed by atoms with Crippen LogP contribution in [0.2, 0.25) is 0 Å². The Bertz CT molecular complexity index is 570. The molecule has 180 valence electrons. The van der Waals surface area contributed by atoms with Crippen molar-refractivity contribution in [3.05, 3.63) is 23.8 Å². The molecule has 0 heterocycles. The average molecular weight is 440 g/mol. The molecule has 0 fully saturated rings. The van der Waals surface area contributed by atoms with Crippen LogP contribution in [0.4, 0.5) is 0 Å². The first-order chi connectivity index (χ1) is 14.7. The maximum atomic E-state index is 10.4. The maximum Gasteiger partial charge on any atom is 0.320 e. The second-order valence-corrected chi connectivity index (χ2v) is 8.62. The Morgan fingerprint density at radius 1 is 0.839 bits per heavy atom. The van der Waals surface area contributed by atoms with Crippen LogP contribution < -0.4 is 5.73 Å². The SMILES string of the molecule is CCCC[N+](CCCC)(CCCC)CCCC.N[C@@H](Cc1ccc(O)c(O)c1)C(=O)O. The van der Waals surface area contributed by atoms with E-state index in [1.807, 2.05) is 0 Å². The highest BCUT2D eigenvalue weighted by Gasteiger charge is 2.24. The van der Waals surface area contributed by atoms with E-state index in [-0.39, 0.29) is 17.9 Å². The van der Waals surface area contributed by atoms with E-state index >= 15 is 0 Å². The van der Waals surface area contributed by atoms with Gasteiger partial charge in [-0.1, -0.05) is 59.4 Å². The van der Waals surface area contributed by atoms with Gasteiger partial charge in [0.05, 0.1) is 26.2 Å². The molecule has 0 aliphatic rings. The largest absolute Gasteiger partial charge is 0.504 e. The van der Waals surface area contributed by atoms with E-state index in [0.717, 1.165) is 0 Å². The molecule has 0 unspecified atom stereocenters. The number of unbranched alkanes of at least 4 members (excludes halogenated alkanes) is 4. The number of rotatable bonds is 15. The average Bonchev–Trinajstić information content (AvgIpc) is 2.75. The molecule has 0 amide bonds. The number of aliphatic carboxylic acids is 1. The standard InChI is InChI=1S/C16H36N.C9H11NO4/c1-5-9-13-17(14-10-6-2,15-11-7-3)16-12-8-4;10-6(9(13)14)3-5-1-2-7(11)8(12)4-5/h5-16H2,1-4H3;1-2,4,6,11-12H,3,10H2,(H,13,14)/q+1;/t;6-/m.0/s1. The lowest BCUT2D eigenvalue weighted by Crippen LogP contribution is -2.50. The van der Waals surface area contributed by atoms with Gasteiger partial charge in [-0.05, 0) is 49.8 Å². The van der Waals surface area contributed by atoms with Crippen LogP contribution in [0.25, 0.3) is 0 Å². The predicted molar refractivity (Wildman–Crippen MR) is 128 cm³/mol. The molecule has 31 heavy (non-hydrogen) atoms. The Balaban J connectivity index is 0.000000590. The summed E-state index contributed by atoms with van der Waals surface area (Å²) in [7, 11) is 0. The van der Waals surface area contributed by atoms with Gasteiger partial charge in [-0.3, -0.25) is 4.79 Å². The van der Waals surface area contributed by atoms with Gasteiger partial charge in [-0.2, -0.15) is 0 Å². The summed E-state index contributed by atoms with van der Waals surface area (Å²) in [5, 5.41) is 26.6. The molecule has 0 saturated heterocycles. The number of nitrogens with two attached hydrogens (primary N) is 1. The number of aromatic hydroxyl groups is 2. The number of carboxylic acids is 1. The zero-order valence-electron chi connectivity index (χ0n) is 20.3. The fourth-order valence-corrected chi connectivity index (χ4v) is 3.68. The Morgan fingerprint density at radius 3 is 1.58 bits per heavy atom. The Kier molecular flexibility index (Phi) is 15.9. The highest BCUT2D eigenvalue weighted by Crippen LogP contribution is 2.25. The Morgan fingerprint density at radius 2 is 1.26 bits per heavy atom. The third-order valence-corrected chi connectivity index (χ3v) is 5.76. The minimum Gasteiger partial charge on any atom is -0.504 e. The Labute approximate surface area is 189 Å². The molecule has 0 aliphatic carbocycles. The number of benzene rings is 1. The van der Waals surface area contributed by atoms with Gasteiger partial charge >= 0.3 is 5.97 Å².